The normalized spacial score (nSPS) is 13.2. The van der Waals surface area contributed by atoms with Crippen LogP contribution >= 0.6 is 0 Å². The Morgan fingerprint density at radius 2 is 1.97 bits per heavy atom. The van der Waals surface area contributed by atoms with E-state index in [0.717, 1.165) is 0 Å². The number of carbonyl (C=O) groups excluding carboxylic acids is 2. The van der Waals surface area contributed by atoms with Gasteiger partial charge in [-0.05, 0) is 19.1 Å². The number of hydrogen-bond acceptors (Lipinski definition) is 9. The maximum absolute atomic E-state index is 11.7. The number of amides is 3. The van der Waals surface area contributed by atoms with E-state index in [2.05, 4.69) is 31.5 Å². The van der Waals surface area contributed by atoms with Crippen LogP contribution in [0.1, 0.15) is 37.3 Å². The van der Waals surface area contributed by atoms with E-state index in [4.69, 9.17) is 15.4 Å². The average Bonchev–Trinajstić information content (AvgIpc) is 3.12. The van der Waals surface area contributed by atoms with Crippen molar-refractivity contribution in [1.29, 1.82) is 0 Å². The molecule has 0 bridgehead atoms. The lowest BCUT2D eigenvalue weighted by atomic mass is 10.2. The Hall–Kier alpha value is -3.58. The molecule has 0 aliphatic heterocycles. The van der Waals surface area contributed by atoms with E-state index in [1.165, 1.54) is 13.8 Å². The molecule has 3 atom stereocenters. The monoisotopic (exact) mass is 409 g/mol. The van der Waals surface area contributed by atoms with Crippen molar-refractivity contribution in [3.05, 3.63) is 41.8 Å². The predicted molar refractivity (Wildman–Crippen MR) is 97.9 cm³/mol. The summed E-state index contributed by atoms with van der Waals surface area (Å²) in [7, 11) is 0. The Balaban J connectivity index is 0.000000960. The molecule has 3 unspecified atom stereocenters. The zero-order valence-corrected chi connectivity index (χ0v) is 15.8. The van der Waals surface area contributed by atoms with Crippen LogP contribution < -0.4 is 22.1 Å². The first-order valence-electron chi connectivity index (χ1n) is 8.32. The summed E-state index contributed by atoms with van der Waals surface area (Å²) < 4.78 is 4.98. The Labute approximate surface area is 165 Å². The van der Waals surface area contributed by atoms with Gasteiger partial charge in [0, 0.05) is 13.1 Å². The van der Waals surface area contributed by atoms with Gasteiger partial charge in [0.2, 0.25) is 11.8 Å². The third kappa shape index (κ3) is 8.32. The van der Waals surface area contributed by atoms with Gasteiger partial charge in [0.05, 0.1) is 18.3 Å². The molecule has 3 amide bonds. The summed E-state index contributed by atoms with van der Waals surface area (Å²) in [6.45, 7) is 2.42. The van der Waals surface area contributed by atoms with Gasteiger partial charge in [-0.3, -0.25) is 9.78 Å². The number of pyridine rings is 1. The Morgan fingerprint density at radius 1 is 1.31 bits per heavy atom. The third-order valence-corrected chi connectivity index (χ3v) is 3.20. The van der Waals surface area contributed by atoms with E-state index in [0.29, 0.717) is 5.69 Å². The first-order chi connectivity index (χ1) is 13.6. The number of aliphatic hydroxyl groups is 1. The lowest BCUT2D eigenvalue weighted by molar-refractivity contribution is -0.141. The fraction of sp³-hybridized carbons (Fsp3) is 0.375. The van der Waals surface area contributed by atoms with E-state index in [-0.39, 0.29) is 24.2 Å². The number of carboxylic acid groups (broad SMARTS) is 1. The molecule has 0 aromatic carbocycles. The van der Waals surface area contributed by atoms with Gasteiger partial charge in [-0.2, -0.15) is 4.98 Å². The highest BCUT2D eigenvalue weighted by atomic mass is 16.5. The zero-order valence-electron chi connectivity index (χ0n) is 15.8. The molecule has 0 fully saturated rings. The van der Waals surface area contributed by atoms with Crippen LogP contribution in [0, 0.1) is 0 Å². The Kier molecular flexibility index (Phi) is 9.15. The number of primary amides is 1. The van der Waals surface area contributed by atoms with Crippen molar-refractivity contribution in [1.82, 2.24) is 25.8 Å². The zero-order chi connectivity index (χ0) is 22.0. The van der Waals surface area contributed by atoms with Crippen LogP contribution in [0.2, 0.25) is 0 Å². The lowest BCUT2D eigenvalue weighted by Gasteiger charge is -2.16. The number of carboxylic acids is 1. The molecule has 0 aliphatic rings. The summed E-state index contributed by atoms with van der Waals surface area (Å²) in [4.78, 5) is 40.0. The fourth-order valence-corrected chi connectivity index (χ4v) is 1.90. The van der Waals surface area contributed by atoms with E-state index < -0.39 is 30.2 Å². The van der Waals surface area contributed by atoms with Crippen molar-refractivity contribution in [3.63, 3.8) is 0 Å². The van der Waals surface area contributed by atoms with E-state index in [9.17, 15) is 19.5 Å². The van der Waals surface area contributed by atoms with Gasteiger partial charge in [0.25, 0.3) is 0 Å². The fourth-order valence-electron chi connectivity index (χ4n) is 1.90. The van der Waals surface area contributed by atoms with Crippen LogP contribution in [0.15, 0.2) is 28.9 Å². The van der Waals surface area contributed by atoms with Crippen molar-refractivity contribution in [2.24, 2.45) is 11.5 Å². The molecule has 0 saturated carbocycles. The molecule has 0 spiro atoms. The standard InChI is InChI=1S/C14H18N6O5.C2H5NO/c1-7(21)11(13(22)23)19-14(24)17-6-9-18-12(20-25-9)10(15)8-4-2-3-5-16-8;1-2(3)4/h2-5,7,10-11,21H,6,15H2,1H3,(H,22,23)(H2,17,19,24);1H3,(H2,3,4). The molecule has 8 N–H and O–H groups in total. The van der Waals surface area contributed by atoms with Crippen LogP contribution in [0.4, 0.5) is 4.79 Å². The van der Waals surface area contributed by atoms with Crippen molar-refractivity contribution in [2.45, 2.75) is 38.6 Å². The van der Waals surface area contributed by atoms with Crippen molar-refractivity contribution < 1.29 is 29.1 Å². The van der Waals surface area contributed by atoms with Crippen LogP contribution in [0.5, 0.6) is 0 Å². The first-order valence-corrected chi connectivity index (χ1v) is 8.32. The summed E-state index contributed by atoms with van der Waals surface area (Å²) in [5.74, 6) is -1.41. The van der Waals surface area contributed by atoms with Gasteiger partial charge in [0.1, 0.15) is 6.04 Å². The molecule has 0 aliphatic carbocycles. The number of urea groups is 1. The van der Waals surface area contributed by atoms with Gasteiger partial charge in [-0.25, -0.2) is 9.59 Å². The minimum Gasteiger partial charge on any atom is -0.480 e. The molecule has 2 rings (SSSR count). The first kappa shape index (κ1) is 23.5. The number of nitrogens with two attached hydrogens (primary N) is 2. The van der Waals surface area contributed by atoms with E-state index in [1.54, 1.807) is 24.4 Å². The van der Waals surface area contributed by atoms with Gasteiger partial charge < -0.3 is 36.8 Å². The van der Waals surface area contributed by atoms with Crippen LogP contribution in [0.25, 0.3) is 0 Å². The predicted octanol–water partition coefficient (Wildman–Crippen LogP) is -1.36. The van der Waals surface area contributed by atoms with Crippen LogP contribution in [-0.4, -0.2) is 55.4 Å². The second-order valence-corrected chi connectivity index (χ2v) is 5.77. The molecule has 2 aromatic rings. The summed E-state index contributed by atoms with van der Waals surface area (Å²) in [6.07, 6.45) is 0.331. The minimum atomic E-state index is -1.43. The topological polar surface area (TPSA) is 220 Å². The molecule has 2 aromatic heterocycles. The van der Waals surface area contributed by atoms with E-state index >= 15 is 0 Å². The highest BCUT2D eigenvalue weighted by Crippen LogP contribution is 2.14. The summed E-state index contributed by atoms with van der Waals surface area (Å²) >= 11 is 0. The molecule has 0 saturated heterocycles. The molecular formula is C16H23N7O6. The molecular weight excluding hydrogens is 386 g/mol. The Bertz CT molecular complexity index is 807. The maximum atomic E-state index is 11.7. The van der Waals surface area contributed by atoms with Crippen molar-refractivity contribution in [3.8, 4) is 0 Å². The number of rotatable bonds is 7. The summed E-state index contributed by atoms with van der Waals surface area (Å²) in [5, 5.41) is 26.4. The smallest absolute Gasteiger partial charge is 0.328 e. The van der Waals surface area contributed by atoms with Gasteiger partial charge in [-0.15, -0.1) is 0 Å². The molecule has 0 radical (unpaired) electrons. The number of aliphatic hydroxyl groups excluding tert-OH is 1. The highest BCUT2D eigenvalue weighted by Gasteiger charge is 2.25. The second kappa shape index (κ2) is 11.3. The number of nitrogens with one attached hydrogen (secondary N) is 2. The summed E-state index contributed by atoms with van der Waals surface area (Å²) in [6, 6.07) is 2.32. The van der Waals surface area contributed by atoms with Gasteiger partial charge in [0.15, 0.2) is 11.9 Å². The summed E-state index contributed by atoms with van der Waals surface area (Å²) in [5.41, 5.74) is 11.0. The van der Waals surface area contributed by atoms with Gasteiger partial charge >= 0.3 is 12.0 Å². The van der Waals surface area contributed by atoms with E-state index in [1.807, 2.05) is 0 Å². The average molecular weight is 409 g/mol. The third-order valence-electron chi connectivity index (χ3n) is 3.20. The van der Waals surface area contributed by atoms with Crippen molar-refractivity contribution >= 4 is 17.9 Å². The lowest BCUT2D eigenvalue weighted by Crippen LogP contribution is -2.51. The quantitative estimate of drug-likeness (QED) is 0.315. The van der Waals surface area contributed by atoms with Crippen LogP contribution in [0.3, 0.4) is 0 Å². The number of aliphatic carboxylic acids is 1. The van der Waals surface area contributed by atoms with Crippen LogP contribution in [-0.2, 0) is 16.1 Å². The SMILES string of the molecule is CC(N)=O.CC(O)C(NC(=O)NCc1nc(C(N)c2ccccn2)no1)C(=O)O. The number of carbonyl (C=O) groups is 3. The largest absolute Gasteiger partial charge is 0.480 e. The Morgan fingerprint density at radius 3 is 2.48 bits per heavy atom. The minimum absolute atomic E-state index is 0.0838. The maximum Gasteiger partial charge on any atom is 0.328 e. The van der Waals surface area contributed by atoms with Gasteiger partial charge in [-0.1, -0.05) is 11.2 Å². The number of aromatic nitrogens is 3. The second-order valence-electron chi connectivity index (χ2n) is 5.77. The van der Waals surface area contributed by atoms with Crippen molar-refractivity contribution in [2.75, 3.05) is 0 Å². The molecule has 158 valence electrons. The molecule has 13 nitrogen and oxygen atoms in total. The highest BCUT2D eigenvalue weighted by molar-refractivity contribution is 5.82. The molecule has 29 heavy (non-hydrogen) atoms. The molecule has 13 heteroatoms. The molecule has 2 heterocycles. The number of hydrogen-bond donors (Lipinski definition) is 6. The number of nitrogens with zero attached hydrogens (tertiary/aromatic N) is 3.